The van der Waals surface area contributed by atoms with Crippen LogP contribution in [-0.4, -0.2) is 22.4 Å². The topological polar surface area (TPSA) is 114 Å². The normalized spacial score (nSPS) is 11.1. The van der Waals surface area contributed by atoms with Crippen LogP contribution in [0.25, 0.3) is 0 Å². The van der Waals surface area contributed by atoms with Gasteiger partial charge in [0.2, 0.25) is 5.91 Å². The lowest BCUT2D eigenvalue weighted by atomic mass is 10.0. The highest BCUT2D eigenvalue weighted by molar-refractivity contribution is 6.34. The van der Waals surface area contributed by atoms with Crippen molar-refractivity contribution in [3.8, 4) is 0 Å². The van der Waals surface area contributed by atoms with Gasteiger partial charge in [-0.25, -0.2) is 5.43 Å². The number of hydrogen-bond donors (Lipinski definition) is 2. The van der Waals surface area contributed by atoms with E-state index >= 15 is 0 Å². The Morgan fingerprint density at radius 2 is 1.76 bits per heavy atom. The van der Waals surface area contributed by atoms with Crippen molar-refractivity contribution in [2.24, 2.45) is 5.10 Å². The Morgan fingerprint density at radius 1 is 1.14 bits per heavy atom. The Balaban J connectivity index is 2.00. The Morgan fingerprint density at radius 3 is 2.31 bits per heavy atom. The molecule has 8 nitrogen and oxygen atoms in total. The lowest BCUT2D eigenvalue weighted by Crippen LogP contribution is -2.22. The van der Waals surface area contributed by atoms with Gasteiger partial charge in [-0.2, -0.15) is 5.10 Å². The third kappa shape index (κ3) is 5.86. The third-order valence-electron chi connectivity index (χ3n) is 4.11. The van der Waals surface area contributed by atoms with Gasteiger partial charge in [-0.3, -0.25) is 19.7 Å². The number of halogens is 1. The van der Waals surface area contributed by atoms with Gasteiger partial charge in [0, 0.05) is 23.5 Å². The van der Waals surface area contributed by atoms with E-state index in [4.69, 9.17) is 11.6 Å². The highest BCUT2D eigenvalue weighted by Gasteiger charge is 2.15. The molecule has 0 aliphatic carbocycles. The number of hydrazone groups is 1. The van der Waals surface area contributed by atoms with E-state index in [-0.39, 0.29) is 28.6 Å². The quantitative estimate of drug-likeness (QED) is 0.415. The number of hydrogen-bond acceptors (Lipinski definition) is 5. The molecule has 0 spiro atoms. The Hall–Kier alpha value is -3.26. The SMILES string of the molecule is C/C(CC(=O)Nc1c(C)cc(C)cc1C)=N/NC(=O)c1ccc([N+](=O)[O-])cc1Cl. The van der Waals surface area contributed by atoms with Crippen LogP contribution in [0.1, 0.15) is 40.4 Å². The number of carbonyl (C=O) groups excluding carboxylic acids is 2. The maximum atomic E-state index is 12.3. The second kappa shape index (κ2) is 9.29. The second-order valence-corrected chi connectivity index (χ2v) is 7.12. The molecule has 0 heterocycles. The zero-order valence-corrected chi connectivity index (χ0v) is 17.3. The number of amides is 2. The van der Waals surface area contributed by atoms with Crippen LogP contribution in [0.2, 0.25) is 5.02 Å². The summed E-state index contributed by atoms with van der Waals surface area (Å²) in [7, 11) is 0. The molecule has 29 heavy (non-hydrogen) atoms. The molecule has 0 radical (unpaired) electrons. The van der Waals surface area contributed by atoms with E-state index in [2.05, 4.69) is 15.8 Å². The molecule has 9 heteroatoms. The highest BCUT2D eigenvalue weighted by Crippen LogP contribution is 2.23. The minimum atomic E-state index is -0.630. The summed E-state index contributed by atoms with van der Waals surface area (Å²) in [6.45, 7) is 7.43. The summed E-state index contributed by atoms with van der Waals surface area (Å²) >= 11 is 5.92. The summed E-state index contributed by atoms with van der Waals surface area (Å²) in [5, 5.41) is 17.4. The molecule has 0 unspecified atom stereocenters. The van der Waals surface area contributed by atoms with Crippen LogP contribution in [0.3, 0.4) is 0 Å². The fraction of sp³-hybridized carbons (Fsp3) is 0.250. The number of non-ortho nitro benzene ring substituents is 1. The summed E-state index contributed by atoms with van der Waals surface area (Å²) in [5.74, 6) is -0.890. The van der Waals surface area contributed by atoms with Crippen molar-refractivity contribution in [1.82, 2.24) is 5.43 Å². The summed E-state index contributed by atoms with van der Waals surface area (Å²) < 4.78 is 0. The standard InChI is InChI=1S/C20H21ClN4O4/c1-11-7-12(2)19(13(3)8-11)22-18(26)9-14(4)23-24-20(27)16-6-5-15(25(28)29)10-17(16)21/h5-8,10H,9H2,1-4H3,(H,22,26)(H,24,27)/b23-14-. The maximum absolute atomic E-state index is 12.3. The zero-order valence-electron chi connectivity index (χ0n) is 16.5. The molecule has 2 aromatic carbocycles. The Kier molecular flexibility index (Phi) is 7.06. The van der Waals surface area contributed by atoms with Gasteiger partial charge >= 0.3 is 0 Å². The molecular weight excluding hydrogens is 396 g/mol. The smallest absolute Gasteiger partial charge is 0.272 e. The van der Waals surface area contributed by atoms with Crippen molar-refractivity contribution in [3.63, 3.8) is 0 Å². The number of anilines is 1. The molecule has 0 aliphatic heterocycles. The van der Waals surface area contributed by atoms with Gasteiger partial charge in [-0.1, -0.05) is 29.3 Å². The van der Waals surface area contributed by atoms with Gasteiger partial charge in [0.25, 0.3) is 11.6 Å². The van der Waals surface area contributed by atoms with E-state index in [1.165, 1.54) is 12.1 Å². The van der Waals surface area contributed by atoms with Crippen LogP contribution in [-0.2, 0) is 4.79 Å². The number of nitro benzene ring substituents is 1. The van der Waals surface area contributed by atoms with Crippen LogP contribution in [0, 0.1) is 30.9 Å². The van der Waals surface area contributed by atoms with Crippen molar-refractivity contribution in [3.05, 3.63) is 67.7 Å². The molecule has 0 aromatic heterocycles. The largest absolute Gasteiger partial charge is 0.325 e. The minimum absolute atomic E-state index is 0.0129. The zero-order chi connectivity index (χ0) is 21.7. The van der Waals surface area contributed by atoms with Crippen molar-refractivity contribution >= 4 is 40.5 Å². The molecule has 2 rings (SSSR count). The monoisotopic (exact) mass is 416 g/mol. The predicted molar refractivity (Wildman–Crippen MR) is 113 cm³/mol. The number of nitrogens with zero attached hydrogens (tertiary/aromatic N) is 2. The molecule has 0 saturated heterocycles. The van der Waals surface area contributed by atoms with E-state index in [1.54, 1.807) is 6.92 Å². The predicted octanol–water partition coefficient (Wildman–Crippen LogP) is 4.31. The number of nitrogens with one attached hydrogen (secondary N) is 2. The second-order valence-electron chi connectivity index (χ2n) is 6.71. The summed E-state index contributed by atoms with van der Waals surface area (Å²) in [6.07, 6.45) is -0.0129. The minimum Gasteiger partial charge on any atom is -0.325 e. The first-order valence-electron chi connectivity index (χ1n) is 8.73. The first-order chi connectivity index (χ1) is 13.6. The van der Waals surface area contributed by atoms with Crippen molar-refractivity contribution in [2.45, 2.75) is 34.1 Å². The maximum Gasteiger partial charge on any atom is 0.272 e. The first-order valence-corrected chi connectivity index (χ1v) is 9.11. The summed E-state index contributed by atoms with van der Waals surface area (Å²) in [5.41, 5.74) is 6.32. The van der Waals surface area contributed by atoms with Gasteiger partial charge in [0.05, 0.1) is 21.9 Å². The molecule has 0 bridgehead atoms. The number of nitro groups is 1. The van der Waals surface area contributed by atoms with Crippen LogP contribution in [0.15, 0.2) is 35.4 Å². The van der Waals surface area contributed by atoms with E-state index in [0.717, 1.165) is 28.4 Å². The molecular formula is C20H21ClN4O4. The van der Waals surface area contributed by atoms with Crippen LogP contribution >= 0.6 is 11.6 Å². The Labute approximate surface area is 173 Å². The van der Waals surface area contributed by atoms with E-state index < -0.39 is 10.8 Å². The lowest BCUT2D eigenvalue weighted by Gasteiger charge is -2.12. The van der Waals surface area contributed by atoms with Crippen LogP contribution in [0.5, 0.6) is 0 Å². The average molecular weight is 417 g/mol. The Bertz CT molecular complexity index is 995. The van der Waals surface area contributed by atoms with E-state index in [1.807, 2.05) is 32.9 Å². The lowest BCUT2D eigenvalue weighted by molar-refractivity contribution is -0.384. The van der Waals surface area contributed by atoms with Crippen LogP contribution in [0.4, 0.5) is 11.4 Å². The molecule has 2 amide bonds. The third-order valence-corrected chi connectivity index (χ3v) is 4.43. The van der Waals surface area contributed by atoms with Crippen molar-refractivity contribution in [2.75, 3.05) is 5.32 Å². The summed E-state index contributed by atoms with van der Waals surface area (Å²) in [4.78, 5) is 34.6. The van der Waals surface area contributed by atoms with Crippen molar-refractivity contribution in [1.29, 1.82) is 0 Å². The van der Waals surface area contributed by atoms with Gasteiger partial charge < -0.3 is 5.32 Å². The fourth-order valence-corrected chi connectivity index (χ4v) is 3.10. The highest BCUT2D eigenvalue weighted by atomic mass is 35.5. The summed E-state index contributed by atoms with van der Waals surface area (Å²) in [6, 6.07) is 7.48. The van der Waals surface area contributed by atoms with Crippen LogP contribution < -0.4 is 10.7 Å². The van der Waals surface area contributed by atoms with E-state index in [0.29, 0.717) is 5.71 Å². The van der Waals surface area contributed by atoms with Gasteiger partial charge in [-0.05, 0) is 44.9 Å². The van der Waals surface area contributed by atoms with Gasteiger partial charge in [0.1, 0.15) is 0 Å². The average Bonchev–Trinajstić information content (AvgIpc) is 2.62. The molecule has 0 fully saturated rings. The number of carbonyl (C=O) groups is 2. The van der Waals surface area contributed by atoms with Gasteiger partial charge in [-0.15, -0.1) is 0 Å². The molecule has 2 aromatic rings. The number of benzene rings is 2. The number of aryl methyl sites for hydroxylation is 3. The fourth-order valence-electron chi connectivity index (χ4n) is 2.84. The molecule has 0 atom stereocenters. The molecule has 2 N–H and O–H groups in total. The van der Waals surface area contributed by atoms with E-state index in [9.17, 15) is 19.7 Å². The number of rotatable bonds is 6. The van der Waals surface area contributed by atoms with Crippen molar-refractivity contribution < 1.29 is 14.5 Å². The molecule has 0 aliphatic rings. The molecule has 152 valence electrons. The first kappa shape index (κ1) is 22.0. The van der Waals surface area contributed by atoms with Gasteiger partial charge in [0.15, 0.2) is 0 Å². The molecule has 0 saturated carbocycles.